The quantitative estimate of drug-likeness (QED) is 0.475. The number of ether oxygens (including phenoxy) is 2. The van der Waals surface area contributed by atoms with Crippen LogP contribution in [0.25, 0.3) is 0 Å². The third-order valence-electron chi connectivity index (χ3n) is 3.17. The molecule has 0 spiro atoms. The second-order valence-electron chi connectivity index (χ2n) is 4.46. The predicted molar refractivity (Wildman–Crippen MR) is 67.3 cm³/mol. The maximum absolute atomic E-state index is 11.4. The second kappa shape index (κ2) is 5.69. The minimum Gasteiger partial charge on any atom is -0.483 e. The summed E-state index contributed by atoms with van der Waals surface area (Å²) in [5, 5.41) is 11.0. The number of benzene rings is 1. The van der Waals surface area contributed by atoms with Gasteiger partial charge in [-0.1, -0.05) is 0 Å². The minimum absolute atomic E-state index is 0.00778. The summed E-state index contributed by atoms with van der Waals surface area (Å²) in [5.41, 5.74) is 0.126. The zero-order chi connectivity index (χ0) is 13.8. The fourth-order valence-electron chi connectivity index (χ4n) is 2.19. The normalized spacial score (nSPS) is 15.2. The van der Waals surface area contributed by atoms with E-state index in [1.165, 1.54) is 25.3 Å². The highest BCUT2D eigenvalue weighted by Crippen LogP contribution is 2.32. The van der Waals surface area contributed by atoms with E-state index in [-0.39, 0.29) is 23.1 Å². The van der Waals surface area contributed by atoms with Crippen LogP contribution in [0.15, 0.2) is 18.2 Å². The van der Waals surface area contributed by atoms with Gasteiger partial charge in [-0.25, -0.2) is 4.79 Å². The molecule has 102 valence electrons. The topological polar surface area (TPSA) is 78.7 Å². The van der Waals surface area contributed by atoms with E-state index in [9.17, 15) is 14.9 Å². The SMILES string of the molecule is COC(=O)c1ccc([N+](=O)[O-])c(OC2CCCC2)c1. The first kappa shape index (κ1) is 13.3. The van der Waals surface area contributed by atoms with Gasteiger partial charge in [-0.3, -0.25) is 10.1 Å². The van der Waals surface area contributed by atoms with Gasteiger partial charge in [-0.15, -0.1) is 0 Å². The molecule has 6 nitrogen and oxygen atoms in total. The Labute approximate surface area is 110 Å². The third-order valence-corrected chi connectivity index (χ3v) is 3.17. The predicted octanol–water partition coefficient (Wildman–Crippen LogP) is 2.70. The molecular formula is C13H15NO5. The number of esters is 1. The number of hydrogen-bond acceptors (Lipinski definition) is 5. The lowest BCUT2D eigenvalue weighted by molar-refractivity contribution is -0.386. The molecule has 19 heavy (non-hydrogen) atoms. The standard InChI is InChI=1S/C13H15NO5/c1-18-13(15)9-6-7-11(14(16)17)12(8-9)19-10-4-2-3-5-10/h6-8,10H,2-5H2,1H3. The Morgan fingerprint density at radius 3 is 2.63 bits per heavy atom. The average molecular weight is 265 g/mol. The zero-order valence-corrected chi connectivity index (χ0v) is 10.6. The Balaban J connectivity index is 2.29. The van der Waals surface area contributed by atoms with Crippen LogP contribution in [0.3, 0.4) is 0 Å². The Morgan fingerprint density at radius 2 is 2.05 bits per heavy atom. The molecule has 6 heteroatoms. The highest BCUT2D eigenvalue weighted by atomic mass is 16.6. The maximum atomic E-state index is 11.4. The van der Waals surface area contributed by atoms with Crippen LogP contribution >= 0.6 is 0 Å². The molecule has 0 saturated heterocycles. The van der Waals surface area contributed by atoms with Gasteiger partial charge in [0, 0.05) is 12.1 Å². The molecule has 2 rings (SSSR count). The van der Waals surface area contributed by atoms with E-state index in [1.807, 2.05) is 0 Å². The van der Waals surface area contributed by atoms with Gasteiger partial charge in [0.2, 0.25) is 0 Å². The molecule has 1 aromatic carbocycles. The minimum atomic E-state index is -0.536. The highest BCUT2D eigenvalue weighted by Gasteiger charge is 2.23. The Morgan fingerprint density at radius 1 is 1.37 bits per heavy atom. The van der Waals surface area contributed by atoms with Crippen LogP contribution < -0.4 is 4.74 Å². The summed E-state index contributed by atoms with van der Waals surface area (Å²) in [4.78, 5) is 21.9. The number of hydrogen-bond donors (Lipinski definition) is 0. The van der Waals surface area contributed by atoms with Crippen molar-refractivity contribution in [1.82, 2.24) is 0 Å². The molecule has 1 fully saturated rings. The second-order valence-corrected chi connectivity index (χ2v) is 4.46. The Bertz CT molecular complexity index is 494. The Hall–Kier alpha value is -2.11. The van der Waals surface area contributed by atoms with E-state index in [2.05, 4.69) is 4.74 Å². The van der Waals surface area contributed by atoms with Gasteiger partial charge < -0.3 is 9.47 Å². The van der Waals surface area contributed by atoms with E-state index < -0.39 is 10.9 Å². The first-order chi connectivity index (χ1) is 9.11. The molecule has 0 aromatic heterocycles. The summed E-state index contributed by atoms with van der Waals surface area (Å²) in [6.45, 7) is 0. The molecule has 1 aromatic rings. The van der Waals surface area contributed by atoms with Crippen molar-refractivity contribution in [3.05, 3.63) is 33.9 Å². The molecular weight excluding hydrogens is 250 g/mol. The first-order valence-corrected chi connectivity index (χ1v) is 6.15. The van der Waals surface area contributed by atoms with Gasteiger partial charge in [-0.05, 0) is 31.7 Å². The van der Waals surface area contributed by atoms with E-state index in [4.69, 9.17) is 4.74 Å². The lowest BCUT2D eigenvalue weighted by Gasteiger charge is -2.13. The van der Waals surface area contributed by atoms with E-state index in [0.717, 1.165) is 25.7 Å². The van der Waals surface area contributed by atoms with Gasteiger partial charge in [0.15, 0.2) is 5.75 Å². The van der Waals surface area contributed by atoms with Gasteiger partial charge in [-0.2, -0.15) is 0 Å². The van der Waals surface area contributed by atoms with Crippen molar-refractivity contribution in [2.24, 2.45) is 0 Å². The molecule has 0 aliphatic heterocycles. The van der Waals surface area contributed by atoms with E-state index >= 15 is 0 Å². The van der Waals surface area contributed by atoms with E-state index in [1.54, 1.807) is 0 Å². The summed E-state index contributed by atoms with van der Waals surface area (Å²) in [6, 6.07) is 4.02. The van der Waals surface area contributed by atoms with Crippen LogP contribution in [-0.4, -0.2) is 24.1 Å². The van der Waals surface area contributed by atoms with Crippen molar-refractivity contribution in [3.63, 3.8) is 0 Å². The highest BCUT2D eigenvalue weighted by molar-refractivity contribution is 5.90. The fraction of sp³-hybridized carbons (Fsp3) is 0.462. The van der Waals surface area contributed by atoms with E-state index in [0.29, 0.717) is 0 Å². The van der Waals surface area contributed by atoms with Gasteiger partial charge in [0.05, 0.1) is 23.7 Å². The molecule has 0 bridgehead atoms. The molecule has 1 aliphatic rings. The van der Waals surface area contributed by atoms with Crippen LogP contribution in [0.1, 0.15) is 36.0 Å². The first-order valence-electron chi connectivity index (χ1n) is 6.15. The van der Waals surface area contributed by atoms with Crippen molar-refractivity contribution >= 4 is 11.7 Å². The fourth-order valence-corrected chi connectivity index (χ4v) is 2.19. The number of nitro groups is 1. The molecule has 0 heterocycles. The monoisotopic (exact) mass is 265 g/mol. The zero-order valence-electron chi connectivity index (χ0n) is 10.6. The molecule has 0 radical (unpaired) electrons. The summed E-state index contributed by atoms with van der Waals surface area (Å²) >= 11 is 0. The number of nitrogens with zero attached hydrogens (tertiary/aromatic N) is 1. The lowest BCUT2D eigenvalue weighted by Crippen LogP contribution is -2.13. The van der Waals surface area contributed by atoms with Crippen molar-refractivity contribution in [3.8, 4) is 5.75 Å². The van der Waals surface area contributed by atoms with Crippen LogP contribution in [0.4, 0.5) is 5.69 Å². The third kappa shape index (κ3) is 3.01. The van der Waals surface area contributed by atoms with Crippen LogP contribution in [0.2, 0.25) is 0 Å². The summed E-state index contributed by atoms with van der Waals surface area (Å²) < 4.78 is 10.3. The smallest absolute Gasteiger partial charge is 0.337 e. The summed E-state index contributed by atoms with van der Waals surface area (Å²) in [6.07, 6.45) is 3.90. The number of carbonyl (C=O) groups excluding carboxylic acids is 1. The van der Waals surface area contributed by atoms with Crippen LogP contribution in [-0.2, 0) is 4.74 Å². The van der Waals surface area contributed by atoms with Crippen LogP contribution in [0.5, 0.6) is 5.75 Å². The number of rotatable bonds is 4. The molecule has 0 amide bonds. The summed E-state index contributed by atoms with van der Waals surface area (Å²) in [5.74, 6) is -0.397. The molecule has 0 atom stereocenters. The van der Waals surface area contributed by atoms with Gasteiger partial charge in [0.1, 0.15) is 0 Å². The molecule has 0 N–H and O–H groups in total. The number of carbonyl (C=O) groups is 1. The Kier molecular flexibility index (Phi) is 3.99. The largest absolute Gasteiger partial charge is 0.483 e. The lowest BCUT2D eigenvalue weighted by atomic mass is 10.2. The van der Waals surface area contributed by atoms with Crippen molar-refractivity contribution in [2.45, 2.75) is 31.8 Å². The maximum Gasteiger partial charge on any atom is 0.337 e. The number of nitro benzene ring substituents is 1. The van der Waals surface area contributed by atoms with Crippen LogP contribution in [0, 0.1) is 10.1 Å². The molecule has 1 saturated carbocycles. The van der Waals surface area contributed by atoms with Crippen molar-refractivity contribution < 1.29 is 19.2 Å². The molecule has 1 aliphatic carbocycles. The van der Waals surface area contributed by atoms with Crippen molar-refractivity contribution in [2.75, 3.05) is 7.11 Å². The number of methoxy groups -OCH3 is 1. The van der Waals surface area contributed by atoms with Gasteiger partial charge >= 0.3 is 11.7 Å². The van der Waals surface area contributed by atoms with Gasteiger partial charge in [0.25, 0.3) is 0 Å². The average Bonchev–Trinajstić information content (AvgIpc) is 2.90. The molecule has 0 unspecified atom stereocenters. The van der Waals surface area contributed by atoms with Crippen molar-refractivity contribution in [1.29, 1.82) is 0 Å². The summed E-state index contributed by atoms with van der Waals surface area (Å²) in [7, 11) is 1.27.